The molecule has 3 atom stereocenters. The van der Waals surface area contributed by atoms with Crippen LogP contribution in [0.3, 0.4) is 0 Å². The fourth-order valence-corrected chi connectivity index (χ4v) is 7.15. The molecule has 0 spiro atoms. The number of hydrogen-bond donors (Lipinski definition) is 2. The van der Waals surface area contributed by atoms with Crippen LogP contribution in [0.4, 0.5) is 32.3 Å². The average molecular weight is 621 g/mol. The average Bonchev–Trinajstić information content (AvgIpc) is 3.44. The third-order valence-electron chi connectivity index (χ3n) is 6.89. The predicted molar refractivity (Wildman–Crippen MR) is 128 cm³/mol. The Morgan fingerprint density at radius 2 is 1.70 bits per heavy atom. The van der Waals surface area contributed by atoms with Crippen LogP contribution in [-0.2, 0) is 20.4 Å². The number of aromatic nitrogens is 3. The maximum Gasteiger partial charge on any atom is 0.430 e. The van der Waals surface area contributed by atoms with Gasteiger partial charge in [-0.2, -0.15) is 30.6 Å². The van der Waals surface area contributed by atoms with Crippen LogP contribution in [0, 0.1) is 0 Å². The van der Waals surface area contributed by atoms with Gasteiger partial charge in [0.2, 0.25) is 10.3 Å². The van der Waals surface area contributed by atoms with Crippen molar-refractivity contribution < 1.29 is 49.7 Å². The van der Waals surface area contributed by atoms with Crippen LogP contribution in [0.15, 0.2) is 28.3 Å². The molecular weight excluding hydrogens is 594 g/mol. The van der Waals surface area contributed by atoms with E-state index in [4.69, 9.17) is 4.74 Å². The molecule has 2 aliphatic rings. The minimum Gasteiger partial charge on any atom is -0.395 e. The second kappa shape index (κ2) is 11.3. The quantitative estimate of drug-likeness (QED) is 0.436. The fraction of sp³-hybridized carbons (Fsp3) is 0.667. The molecule has 2 saturated heterocycles. The zero-order chi connectivity index (χ0) is 29.5. The Morgan fingerprint density at radius 3 is 2.25 bits per heavy atom. The summed E-state index contributed by atoms with van der Waals surface area (Å²) in [6, 6.07) is -1.36. The van der Waals surface area contributed by atoms with Crippen molar-refractivity contribution in [3.05, 3.63) is 29.5 Å². The number of sulfonamides is 1. The van der Waals surface area contributed by atoms with Gasteiger partial charge in [-0.1, -0.05) is 0 Å². The number of halogens is 6. The van der Waals surface area contributed by atoms with Crippen LogP contribution < -0.4 is 4.90 Å². The smallest absolute Gasteiger partial charge is 0.395 e. The highest BCUT2D eigenvalue weighted by atomic mass is 32.2. The van der Waals surface area contributed by atoms with Gasteiger partial charge < -0.3 is 19.8 Å². The molecule has 19 heteroatoms. The van der Waals surface area contributed by atoms with E-state index in [2.05, 4.69) is 15.0 Å². The number of aliphatic hydroxyl groups is 2. The summed E-state index contributed by atoms with van der Waals surface area (Å²) < 4.78 is 113. The van der Waals surface area contributed by atoms with Crippen molar-refractivity contribution in [2.24, 2.45) is 0 Å². The molecule has 0 unspecified atom stereocenters. The molecule has 11 nitrogen and oxygen atoms in total. The highest BCUT2D eigenvalue weighted by molar-refractivity contribution is 7.91. The molecule has 40 heavy (non-hydrogen) atoms. The molecule has 2 aromatic rings. The first-order valence-electron chi connectivity index (χ1n) is 11.9. The molecule has 2 N–H and O–H groups in total. The Morgan fingerprint density at radius 1 is 1.05 bits per heavy atom. The summed E-state index contributed by atoms with van der Waals surface area (Å²) in [6.45, 7) is 1.94. The maximum absolute atomic E-state index is 13.3. The molecule has 0 radical (unpaired) electrons. The van der Waals surface area contributed by atoms with Crippen molar-refractivity contribution >= 4 is 27.3 Å². The number of thiazole rings is 1. The van der Waals surface area contributed by atoms with Gasteiger partial charge in [-0.15, -0.1) is 11.3 Å². The van der Waals surface area contributed by atoms with Crippen LogP contribution in [0.2, 0.25) is 0 Å². The SMILES string of the molecule is C[C@@H]1COC[C@H](CO)N1C[C@H]1CN(S(=O)(=O)c2nccs2)CCN1c1ncc(C(O)(C(F)(F)F)C(F)(F)F)cn1. The molecule has 0 saturated carbocycles. The molecule has 0 aromatic carbocycles. The molecule has 4 heterocycles. The van der Waals surface area contributed by atoms with Crippen LogP contribution >= 0.6 is 11.3 Å². The van der Waals surface area contributed by atoms with E-state index in [9.17, 15) is 45.0 Å². The molecule has 2 fully saturated rings. The summed E-state index contributed by atoms with van der Waals surface area (Å²) in [5, 5.41) is 21.0. The Balaban J connectivity index is 1.67. The normalized spacial score (nSPS) is 24.4. The third-order valence-corrected chi connectivity index (χ3v) is 9.93. The maximum atomic E-state index is 13.3. The van der Waals surface area contributed by atoms with Crippen molar-refractivity contribution in [3.8, 4) is 0 Å². The zero-order valence-electron chi connectivity index (χ0n) is 20.9. The summed E-state index contributed by atoms with van der Waals surface area (Å²) in [4.78, 5) is 14.7. The van der Waals surface area contributed by atoms with E-state index in [1.54, 1.807) is 0 Å². The molecule has 4 rings (SSSR count). The van der Waals surface area contributed by atoms with Gasteiger partial charge in [-0.3, -0.25) is 4.90 Å². The number of aliphatic hydroxyl groups excluding tert-OH is 1. The van der Waals surface area contributed by atoms with Gasteiger partial charge in [0.15, 0.2) is 0 Å². The summed E-state index contributed by atoms with van der Waals surface area (Å²) in [5.74, 6) is -0.256. The van der Waals surface area contributed by atoms with Crippen molar-refractivity contribution in [3.63, 3.8) is 0 Å². The highest BCUT2D eigenvalue weighted by Gasteiger charge is 2.71. The van der Waals surface area contributed by atoms with Crippen molar-refractivity contribution in [2.45, 2.75) is 47.3 Å². The van der Waals surface area contributed by atoms with Crippen LogP contribution in [0.5, 0.6) is 0 Å². The second-order valence-electron chi connectivity index (χ2n) is 9.41. The standard InChI is InChI=1S/C21H26F6N6O5S2/c1-13-11-38-12-16(10-34)33(13)9-15-8-31(40(36,37)18-28-2-5-39-18)3-4-32(15)17-29-6-14(7-30-17)19(35,20(22,23)24)21(25,26)27/h2,5-7,13,15-16,34-35H,3-4,8-12H2,1H3/t13-,15-,16+/m1/s1. The Hall–Kier alpha value is -2.16. The van der Waals surface area contributed by atoms with Gasteiger partial charge in [0.05, 0.1) is 31.9 Å². The number of hydrogen-bond acceptors (Lipinski definition) is 11. The van der Waals surface area contributed by atoms with E-state index in [0.717, 1.165) is 11.3 Å². The van der Waals surface area contributed by atoms with E-state index in [0.29, 0.717) is 6.61 Å². The lowest BCUT2D eigenvalue weighted by atomic mass is 9.95. The molecule has 0 amide bonds. The first-order valence-corrected chi connectivity index (χ1v) is 14.2. The molecule has 2 aromatic heterocycles. The summed E-state index contributed by atoms with van der Waals surface area (Å²) >= 11 is 0.923. The zero-order valence-corrected chi connectivity index (χ0v) is 22.5. The largest absolute Gasteiger partial charge is 0.430 e. The minimum absolute atomic E-state index is 0.0556. The molecular formula is C21H26F6N6O5S2. The van der Waals surface area contributed by atoms with Crippen molar-refractivity contribution in [1.82, 2.24) is 24.2 Å². The van der Waals surface area contributed by atoms with Gasteiger partial charge in [-0.05, 0) is 6.92 Å². The van der Waals surface area contributed by atoms with Crippen LogP contribution in [-0.4, -0.2) is 119 Å². The number of morpholine rings is 1. The summed E-state index contributed by atoms with van der Waals surface area (Å²) in [7, 11) is -3.99. The number of ether oxygens (including phenoxy) is 1. The van der Waals surface area contributed by atoms with Crippen molar-refractivity contribution in [2.75, 3.05) is 50.9 Å². The minimum atomic E-state index is -6.10. The van der Waals surface area contributed by atoms with Gasteiger partial charge in [0, 0.05) is 61.8 Å². The Labute approximate surface area is 229 Å². The van der Waals surface area contributed by atoms with Crippen molar-refractivity contribution in [1.29, 1.82) is 0 Å². The summed E-state index contributed by atoms with van der Waals surface area (Å²) in [5.41, 5.74) is -6.80. The lowest BCUT2D eigenvalue weighted by Crippen LogP contribution is -2.62. The van der Waals surface area contributed by atoms with E-state index in [-0.39, 0.29) is 68.1 Å². The van der Waals surface area contributed by atoms with Gasteiger partial charge in [0.25, 0.3) is 15.6 Å². The predicted octanol–water partition coefficient (Wildman–Crippen LogP) is 1.21. The molecule has 0 aliphatic carbocycles. The highest BCUT2D eigenvalue weighted by Crippen LogP contribution is 2.49. The summed E-state index contributed by atoms with van der Waals surface area (Å²) in [6.07, 6.45) is -10.3. The molecule has 0 bridgehead atoms. The number of alkyl halides is 6. The Kier molecular flexibility index (Phi) is 8.66. The number of nitrogens with zero attached hydrogens (tertiary/aromatic N) is 6. The fourth-order valence-electron chi connectivity index (χ4n) is 4.71. The van der Waals surface area contributed by atoms with E-state index in [1.165, 1.54) is 20.8 Å². The topological polar surface area (TPSA) is 132 Å². The number of anilines is 1. The van der Waals surface area contributed by atoms with Gasteiger partial charge in [0.1, 0.15) is 0 Å². The first-order chi connectivity index (χ1) is 18.6. The van der Waals surface area contributed by atoms with Gasteiger partial charge in [-0.25, -0.2) is 23.4 Å². The van der Waals surface area contributed by atoms with Gasteiger partial charge >= 0.3 is 12.4 Å². The first kappa shape index (κ1) is 30.8. The lowest BCUT2D eigenvalue weighted by Gasteiger charge is -2.46. The lowest BCUT2D eigenvalue weighted by molar-refractivity contribution is -0.376. The second-order valence-corrected chi connectivity index (χ2v) is 12.4. The monoisotopic (exact) mass is 620 g/mol. The molecule has 2 aliphatic heterocycles. The van der Waals surface area contributed by atoms with E-state index >= 15 is 0 Å². The van der Waals surface area contributed by atoms with E-state index < -0.39 is 45.6 Å². The number of rotatable bonds is 7. The third kappa shape index (κ3) is 5.64. The van der Waals surface area contributed by atoms with Crippen LogP contribution in [0.25, 0.3) is 0 Å². The Bertz CT molecular complexity index is 1230. The number of piperazine rings is 1. The van der Waals surface area contributed by atoms with Crippen LogP contribution in [0.1, 0.15) is 12.5 Å². The van der Waals surface area contributed by atoms with E-state index in [1.807, 2.05) is 11.8 Å². The molecule has 224 valence electrons.